The number of Topliss-reactive ketones (excluding diaryl/α,β-unsaturated/α-hetero) is 1. The summed E-state index contributed by atoms with van der Waals surface area (Å²) in [6.45, 7) is 5.04. The molecule has 25 heavy (non-hydrogen) atoms. The zero-order valence-electron chi connectivity index (χ0n) is 14.1. The number of hydrogen-bond donors (Lipinski definition) is 1. The number of amides is 1. The van der Waals surface area contributed by atoms with Gasteiger partial charge in [0.25, 0.3) is 0 Å². The molecule has 2 aromatic rings. The van der Waals surface area contributed by atoms with Crippen LogP contribution in [0.2, 0.25) is 0 Å². The van der Waals surface area contributed by atoms with Gasteiger partial charge in [-0.1, -0.05) is 28.1 Å². The number of halogens is 1. The monoisotopic (exact) mass is 423 g/mol. The van der Waals surface area contributed by atoms with Crippen LogP contribution in [0.15, 0.2) is 28.7 Å². The van der Waals surface area contributed by atoms with Gasteiger partial charge in [-0.15, -0.1) is 11.3 Å². The van der Waals surface area contributed by atoms with Gasteiger partial charge < -0.3 is 10.1 Å². The van der Waals surface area contributed by atoms with Crippen molar-refractivity contribution in [3.05, 3.63) is 50.3 Å². The Morgan fingerprint density at radius 2 is 1.84 bits per heavy atom. The number of benzene rings is 1. The van der Waals surface area contributed by atoms with Gasteiger partial charge in [0.2, 0.25) is 5.91 Å². The van der Waals surface area contributed by atoms with Crippen molar-refractivity contribution < 1.29 is 19.1 Å². The number of hydrogen-bond acceptors (Lipinski definition) is 5. The van der Waals surface area contributed by atoms with Crippen LogP contribution in [0.5, 0.6) is 0 Å². The SMILES string of the molecule is CCOC(=O)c1c(NC(=O)Cc2ccc(Br)cc2)sc(C(C)=O)c1C. The Morgan fingerprint density at radius 3 is 2.40 bits per heavy atom. The van der Waals surface area contributed by atoms with Crippen LogP contribution in [0.25, 0.3) is 0 Å². The lowest BCUT2D eigenvalue weighted by atomic mass is 10.1. The van der Waals surface area contributed by atoms with E-state index in [0.29, 0.717) is 15.4 Å². The minimum atomic E-state index is -0.539. The Morgan fingerprint density at radius 1 is 1.20 bits per heavy atom. The Labute approximate surface area is 158 Å². The van der Waals surface area contributed by atoms with Crippen molar-refractivity contribution in [1.29, 1.82) is 0 Å². The van der Waals surface area contributed by atoms with Gasteiger partial charge in [-0.3, -0.25) is 9.59 Å². The molecule has 0 unspecified atom stereocenters. The quantitative estimate of drug-likeness (QED) is 0.552. The summed E-state index contributed by atoms with van der Waals surface area (Å²) in [5.74, 6) is -0.951. The molecule has 1 N–H and O–H groups in total. The zero-order chi connectivity index (χ0) is 18.6. The lowest BCUT2D eigenvalue weighted by molar-refractivity contribution is -0.115. The van der Waals surface area contributed by atoms with E-state index < -0.39 is 5.97 Å². The van der Waals surface area contributed by atoms with Crippen LogP contribution < -0.4 is 5.32 Å². The van der Waals surface area contributed by atoms with E-state index in [-0.39, 0.29) is 30.3 Å². The van der Waals surface area contributed by atoms with Gasteiger partial charge in [-0.2, -0.15) is 0 Å². The van der Waals surface area contributed by atoms with Crippen LogP contribution in [-0.4, -0.2) is 24.3 Å². The predicted molar refractivity (Wildman–Crippen MR) is 101 cm³/mol. The highest BCUT2D eigenvalue weighted by molar-refractivity contribution is 9.10. The first-order valence-electron chi connectivity index (χ1n) is 7.69. The minimum absolute atomic E-state index is 0.151. The first kappa shape index (κ1) is 19.3. The van der Waals surface area contributed by atoms with Crippen molar-refractivity contribution in [3.8, 4) is 0 Å². The van der Waals surface area contributed by atoms with Crippen molar-refractivity contribution >= 4 is 49.9 Å². The summed E-state index contributed by atoms with van der Waals surface area (Å²) in [7, 11) is 0. The fourth-order valence-electron chi connectivity index (χ4n) is 2.34. The Bertz CT molecular complexity index is 811. The molecule has 0 aliphatic heterocycles. The summed E-state index contributed by atoms with van der Waals surface area (Å²) in [6.07, 6.45) is 0.169. The molecule has 1 heterocycles. The maximum Gasteiger partial charge on any atom is 0.341 e. The molecule has 5 nitrogen and oxygen atoms in total. The summed E-state index contributed by atoms with van der Waals surface area (Å²) >= 11 is 4.45. The van der Waals surface area contributed by atoms with Crippen molar-refractivity contribution in [2.75, 3.05) is 11.9 Å². The van der Waals surface area contributed by atoms with Gasteiger partial charge >= 0.3 is 5.97 Å². The number of ketones is 1. The molecule has 0 aliphatic rings. The summed E-state index contributed by atoms with van der Waals surface area (Å²) in [6, 6.07) is 7.40. The normalized spacial score (nSPS) is 10.4. The van der Waals surface area contributed by atoms with E-state index >= 15 is 0 Å². The minimum Gasteiger partial charge on any atom is -0.462 e. The number of rotatable bonds is 6. The molecule has 0 radical (unpaired) electrons. The number of esters is 1. The summed E-state index contributed by atoms with van der Waals surface area (Å²) < 4.78 is 5.99. The van der Waals surface area contributed by atoms with Gasteiger partial charge in [0.05, 0.1) is 23.5 Å². The third kappa shape index (κ3) is 4.76. The smallest absolute Gasteiger partial charge is 0.341 e. The highest BCUT2D eigenvalue weighted by atomic mass is 79.9. The molecule has 7 heteroatoms. The average molecular weight is 424 g/mol. The summed E-state index contributed by atoms with van der Waals surface area (Å²) in [5, 5.41) is 3.09. The fourth-order valence-corrected chi connectivity index (χ4v) is 3.72. The van der Waals surface area contributed by atoms with E-state index in [1.165, 1.54) is 6.92 Å². The van der Waals surface area contributed by atoms with Gasteiger partial charge in [-0.25, -0.2) is 4.79 Å². The highest BCUT2D eigenvalue weighted by Gasteiger charge is 2.25. The van der Waals surface area contributed by atoms with Gasteiger partial charge in [0.15, 0.2) is 5.78 Å². The molecule has 0 bridgehead atoms. The second-order valence-electron chi connectivity index (χ2n) is 5.39. The molecule has 1 aromatic carbocycles. The second-order valence-corrected chi connectivity index (χ2v) is 7.32. The van der Waals surface area contributed by atoms with E-state index in [0.717, 1.165) is 21.4 Å². The lowest BCUT2D eigenvalue weighted by Gasteiger charge is -2.07. The molecule has 2 rings (SSSR count). The highest BCUT2D eigenvalue weighted by Crippen LogP contribution is 2.34. The largest absolute Gasteiger partial charge is 0.462 e. The number of ether oxygens (including phenoxy) is 1. The Kier molecular flexibility index (Phi) is 6.50. The van der Waals surface area contributed by atoms with E-state index in [2.05, 4.69) is 21.2 Å². The van der Waals surface area contributed by atoms with E-state index in [1.54, 1.807) is 13.8 Å². The van der Waals surface area contributed by atoms with Gasteiger partial charge in [0, 0.05) is 4.47 Å². The van der Waals surface area contributed by atoms with Crippen LogP contribution in [0, 0.1) is 6.92 Å². The van der Waals surface area contributed by atoms with Crippen molar-refractivity contribution in [2.24, 2.45) is 0 Å². The number of anilines is 1. The number of carbonyl (C=O) groups excluding carboxylic acids is 3. The average Bonchev–Trinajstić information content (AvgIpc) is 2.86. The van der Waals surface area contributed by atoms with Crippen LogP contribution >= 0.6 is 27.3 Å². The zero-order valence-corrected chi connectivity index (χ0v) is 16.5. The first-order valence-corrected chi connectivity index (χ1v) is 9.30. The maximum atomic E-state index is 12.3. The fraction of sp³-hybridized carbons (Fsp3) is 0.278. The molecule has 1 amide bonds. The molecule has 0 spiro atoms. The molecule has 0 atom stereocenters. The van der Waals surface area contributed by atoms with Gasteiger partial charge in [0.1, 0.15) is 5.00 Å². The lowest BCUT2D eigenvalue weighted by Crippen LogP contribution is -2.16. The number of carbonyl (C=O) groups is 3. The van der Waals surface area contributed by atoms with Crippen LogP contribution in [0.4, 0.5) is 5.00 Å². The second kappa shape index (κ2) is 8.40. The Balaban J connectivity index is 2.26. The molecular weight excluding hydrogens is 406 g/mol. The van der Waals surface area contributed by atoms with E-state index in [9.17, 15) is 14.4 Å². The third-order valence-corrected chi connectivity index (χ3v) is 5.31. The van der Waals surface area contributed by atoms with Crippen molar-refractivity contribution in [3.63, 3.8) is 0 Å². The standard InChI is InChI=1S/C18H18BrNO4S/c1-4-24-18(23)15-10(2)16(11(3)21)25-17(15)20-14(22)9-12-5-7-13(19)8-6-12/h5-8H,4,9H2,1-3H3,(H,20,22). The third-order valence-electron chi connectivity index (χ3n) is 3.48. The number of thiophene rings is 1. The van der Waals surface area contributed by atoms with Crippen LogP contribution in [0.3, 0.4) is 0 Å². The maximum absolute atomic E-state index is 12.3. The molecule has 0 fully saturated rings. The summed E-state index contributed by atoms with van der Waals surface area (Å²) in [4.78, 5) is 36.8. The first-order chi connectivity index (χ1) is 11.8. The molecular formula is C18H18BrNO4S. The number of nitrogens with one attached hydrogen (secondary N) is 1. The van der Waals surface area contributed by atoms with Crippen molar-refractivity contribution in [1.82, 2.24) is 0 Å². The van der Waals surface area contributed by atoms with E-state index in [4.69, 9.17) is 4.74 Å². The Hall–Kier alpha value is -1.99. The molecule has 0 aliphatic carbocycles. The van der Waals surface area contributed by atoms with Crippen LogP contribution in [-0.2, 0) is 16.0 Å². The molecule has 1 aromatic heterocycles. The van der Waals surface area contributed by atoms with Crippen molar-refractivity contribution in [2.45, 2.75) is 27.2 Å². The molecule has 132 valence electrons. The van der Waals surface area contributed by atoms with Crippen LogP contribution in [0.1, 0.15) is 45.0 Å². The van der Waals surface area contributed by atoms with E-state index in [1.807, 2.05) is 24.3 Å². The van der Waals surface area contributed by atoms with Gasteiger partial charge in [-0.05, 0) is 44.0 Å². The predicted octanol–water partition coefficient (Wildman–Crippen LogP) is 4.38. The summed E-state index contributed by atoms with van der Waals surface area (Å²) in [5.41, 5.74) is 1.63. The topological polar surface area (TPSA) is 72.5 Å². The molecule has 0 saturated heterocycles. The molecule has 0 saturated carbocycles.